The van der Waals surface area contributed by atoms with E-state index in [1.54, 1.807) is 36.5 Å². The predicted octanol–water partition coefficient (Wildman–Crippen LogP) is 4.49. The number of carbonyl (C=O) groups is 2. The molecule has 2 amide bonds. The number of nitrogens with one attached hydrogen (secondary N) is 2. The molecular formula is C25H25ClFN3O4S. The summed E-state index contributed by atoms with van der Waals surface area (Å²) >= 11 is 7.11. The fourth-order valence-corrected chi connectivity index (χ4v) is 5.27. The third-order valence-electron chi connectivity index (χ3n) is 6.01. The highest BCUT2D eigenvalue weighted by molar-refractivity contribution is 7.18. The van der Waals surface area contributed by atoms with Crippen LogP contribution in [-0.2, 0) is 9.53 Å². The lowest BCUT2D eigenvalue weighted by Gasteiger charge is -2.19. The second-order valence-electron chi connectivity index (χ2n) is 8.30. The second kappa shape index (κ2) is 11.2. The van der Waals surface area contributed by atoms with E-state index in [1.807, 2.05) is 6.92 Å². The van der Waals surface area contributed by atoms with Gasteiger partial charge in [-0.15, -0.1) is 11.3 Å². The van der Waals surface area contributed by atoms with Crippen LogP contribution in [0.15, 0.2) is 59.5 Å². The summed E-state index contributed by atoms with van der Waals surface area (Å²) in [6, 6.07) is 12.2. The fourth-order valence-electron chi connectivity index (χ4n) is 4.31. The quantitative estimate of drug-likeness (QED) is 0.460. The van der Waals surface area contributed by atoms with Crippen molar-refractivity contribution in [1.82, 2.24) is 9.88 Å². The van der Waals surface area contributed by atoms with Gasteiger partial charge in [-0.05, 0) is 50.1 Å². The van der Waals surface area contributed by atoms with Crippen molar-refractivity contribution in [3.8, 4) is 5.69 Å². The summed E-state index contributed by atoms with van der Waals surface area (Å²) in [4.78, 5) is 37.8. The molecule has 3 aromatic rings. The molecule has 2 heterocycles. The minimum atomic E-state index is -0.635. The van der Waals surface area contributed by atoms with Gasteiger partial charge in [-0.25, -0.2) is 4.39 Å². The van der Waals surface area contributed by atoms with Crippen LogP contribution >= 0.6 is 22.9 Å². The molecule has 4 rings (SSSR count). The van der Waals surface area contributed by atoms with Crippen molar-refractivity contribution in [2.24, 2.45) is 11.8 Å². The lowest BCUT2D eigenvalue weighted by atomic mass is 10.0. The Kier molecular flexibility index (Phi) is 8.00. The lowest BCUT2D eigenvalue weighted by molar-refractivity contribution is -0.120. The zero-order valence-corrected chi connectivity index (χ0v) is 20.6. The zero-order valence-electron chi connectivity index (χ0n) is 19.0. The molecular weight excluding hydrogens is 493 g/mol. The molecule has 0 saturated heterocycles. The maximum atomic E-state index is 14.8. The van der Waals surface area contributed by atoms with E-state index in [4.69, 9.17) is 16.3 Å². The number of hydrogen-bond acceptors (Lipinski definition) is 5. The molecule has 2 aromatic heterocycles. The molecule has 184 valence electrons. The number of rotatable bonds is 8. The molecule has 1 aromatic carbocycles. The summed E-state index contributed by atoms with van der Waals surface area (Å²) < 4.78 is 22.4. The number of benzene rings is 1. The molecule has 0 unspecified atom stereocenters. The number of aromatic nitrogens is 1. The Balaban J connectivity index is 1.39. The van der Waals surface area contributed by atoms with Gasteiger partial charge < -0.3 is 15.4 Å². The number of thiophene rings is 1. The van der Waals surface area contributed by atoms with Gasteiger partial charge in [-0.3, -0.25) is 19.0 Å². The van der Waals surface area contributed by atoms with E-state index in [2.05, 4.69) is 10.6 Å². The lowest BCUT2D eigenvalue weighted by Crippen LogP contribution is -2.33. The van der Waals surface area contributed by atoms with Gasteiger partial charge in [0, 0.05) is 43.3 Å². The topological polar surface area (TPSA) is 89.4 Å². The summed E-state index contributed by atoms with van der Waals surface area (Å²) in [6.07, 6.45) is 2.33. The Morgan fingerprint density at radius 2 is 2.03 bits per heavy atom. The molecule has 0 aliphatic heterocycles. The van der Waals surface area contributed by atoms with Crippen LogP contribution in [0.1, 0.15) is 29.4 Å². The van der Waals surface area contributed by atoms with Gasteiger partial charge in [0.2, 0.25) is 5.91 Å². The molecule has 35 heavy (non-hydrogen) atoms. The standard InChI is InChI=1S/C25H25ClFN3O4S/c1-2-34-20-12-15(11-16(20)14-28-25(33)21-8-9-22(26)35-21)24(32)29-19-7-6-17(13-18(19)27)30-10-4-3-5-23(30)31/h3-10,13,15-16,20H,2,11-12,14H2,1H3,(H,28,33)(H,29,32)/t15-,16+,20-/m0/s1. The zero-order chi connectivity index (χ0) is 24.9. The Morgan fingerprint density at radius 3 is 2.71 bits per heavy atom. The number of carbonyl (C=O) groups excluding carboxylic acids is 2. The van der Waals surface area contributed by atoms with Gasteiger partial charge in [-0.1, -0.05) is 17.7 Å². The minimum absolute atomic E-state index is 0.0435. The number of nitrogens with zero attached hydrogens (tertiary/aromatic N) is 1. The van der Waals surface area contributed by atoms with Crippen molar-refractivity contribution in [2.75, 3.05) is 18.5 Å². The van der Waals surface area contributed by atoms with E-state index in [0.717, 1.165) is 0 Å². The summed E-state index contributed by atoms with van der Waals surface area (Å²) in [5.74, 6) is -1.60. The van der Waals surface area contributed by atoms with Crippen molar-refractivity contribution in [2.45, 2.75) is 25.9 Å². The average Bonchev–Trinajstić information content (AvgIpc) is 3.46. The number of hydrogen-bond donors (Lipinski definition) is 2. The maximum Gasteiger partial charge on any atom is 0.261 e. The molecule has 1 aliphatic rings. The third kappa shape index (κ3) is 5.98. The molecule has 1 aliphatic carbocycles. The van der Waals surface area contributed by atoms with E-state index in [9.17, 15) is 18.8 Å². The molecule has 1 fully saturated rings. The molecule has 3 atom stereocenters. The Hall–Kier alpha value is -3.01. The normalized spacial score (nSPS) is 19.5. The molecule has 0 bridgehead atoms. The Morgan fingerprint density at radius 1 is 1.20 bits per heavy atom. The maximum absolute atomic E-state index is 14.8. The van der Waals surface area contributed by atoms with Gasteiger partial charge in [0.15, 0.2) is 0 Å². The van der Waals surface area contributed by atoms with E-state index >= 15 is 0 Å². The molecule has 10 heteroatoms. The van der Waals surface area contributed by atoms with Crippen molar-refractivity contribution in [3.05, 3.63) is 80.1 Å². The third-order valence-corrected chi connectivity index (χ3v) is 7.24. The number of anilines is 1. The van der Waals surface area contributed by atoms with Crippen LogP contribution in [0.5, 0.6) is 0 Å². The number of halogens is 2. The van der Waals surface area contributed by atoms with E-state index in [1.165, 1.54) is 34.1 Å². The Labute approximate surface area is 210 Å². The van der Waals surface area contributed by atoms with E-state index in [0.29, 0.717) is 40.9 Å². The predicted molar refractivity (Wildman–Crippen MR) is 134 cm³/mol. The smallest absolute Gasteiger partial charge is 0.261 e. The van der Waals surface area contributed by atoms with Gasteiger partial charge in [0.05, 0.1) is 26.7 Å². The van der Waals surface area contributed by atoms with Crippen LogP contribution in [0.4, 0.5) is 10.1 Å². The summed E-state index contributed by atoms with van der Waals surface area (Å²) in [7, 11) is 0. The highest BCUT2D eigenvalue weighted by atomic mass is 35.5. The van der Waals surface area contributed by atoms with Crippen molar-refractivity contribution in [3.63, 3.8) is 0 Å². The number of ether oxygens (including phenoxy) is 1. The Bertz CT molecular complexity index is 1280. The molecule has 0 spiro atoms. The van der Waals surface area contributed by atoms with Crippen LogP contribution in [-0.4, -0.2) is 35.6 Å². The van der Waals surface area contributed by atoms with Gasteiger partial charge in [-0.2, -0.15) is 0 Å². The first kappa shape index (κ1) is 25.1. The molecule has 7 nitrogen and oxygen atoms in total. The van der Waals surface area contributed by atoms with E-state index < -0.39 is 5.82 Å². The number of amides is 2. The molecule has 1 saturated carbocycles. The second-order valence-corrected chi connectivity index (χ2v) is 10.0. The van der Waals surface area contributed by atoms with Gasteiger partial charge >= 0.3 is 0 Å². The van der Waals surface area contributed by atoms with Crippen LogP contribution < -0.4 is 16.2 Å². The fraction of sp³-hybridized carbons (Fsp3) is 0.320. The van der Waals surface area contributed by atoms with Crippen molar-refractivity contribution in [1.29, 1.82) is 0 Å². The summed E-state index contributed by atoms with van der Waals surface area (Å²) in [5, 5.41) is 5.57. The van der Waals surface area contributed by atoms with Gasteiger partial charge in [0.25, 0.3) is 11.5 Å². The highest BCUT2D eigenvalue weighted by Gasteiger charge is 2.38. The van der Waals surface area contributed by atoms with Crippen molar-refractivity contribution < 1.29 is 18.7 Å². The first-order valence-corrected chi connectivity index (χ1v) is 12.5. The first-order valence-electron chi connectivity index (χ1n) is 11.3. The van der Waals surface area contributed by atoms with Crippen molar-refractivity contribution >= 4 is 40.4 Å². The van der Waals surface area contributed by atoms with Crippen LogP contribution in [0.2, 0.25) is 4.34 Å². The number of pyridine rings is 1. The van der Waals surface area contributed by atoms with Crippen LogP contribution in [0.3, 0.4) is 0 Å². The van der Waals surface area contributed by atoms with Gasteiger partial charge in [0.1, 0.15) is 5.82 Å². The largest absolute Gasteiger partial charge is 0.378 e. The average molecular weight is 518 g/mol. The molecule has 2 N–H and O–H groups in total. The summed E-state index contributed by atoms with van der Waals surface area (Å²) in [5.41, 5.74) is 0.130. The minimum Gasteiger partial charge on any atom is -0.378 e. The molecule has 0 radical (unpaired) electrons. The van der Waals surface area contributed by atoms with Crippen LogP contribution in [0, 0.1) is 17.7 Å². The monoisotopic (exact) mass is 517 g/mol. The SMILES string of the molecule is CCO[C@H]1C[C@@H](C(=O)Nc2ccc(-n3ccccc3=O)cc2F)C[C@@H]1CNC(=O)c1ccc(Cl)s1. The summed E-state index contributed by atoms with van der Waals surface area (Å²) in [6.45, 7) is 2.72. The van der Waals surface area contributed by atoms with E-state index in [-0.39, 0.29) is 41.0 Å². The first-order chi connectivity index (χ1) is 16.9. The highest BCUT2D eigenvalue weighted by Crippen LogP contribution is 2.34. The van der Waals surface area contributed by atoms with Crippen LogP contribution in [0.25, 0.3) is 5.69 Å².